The van der Waals surface area contributed by atoms with Gasteiger partial charge in [0.1, 0.15) is 16.9 Å². The number of benzene rings is 2. The fourth-order valence-electron chi connectivity index (χ4n) is 3.22. The molecule has 1 aromatic heterocycles. The molecule has 1 saturated carbocycles. The van der Waals surface area contributed by atoms with Crippen molar-refractivity contribution in [2.45, 2.75) is 25.2 Å². The molecule has 5 heteroatoms. The fraction of sp³-hybridized carbons (Fsp3) is 0.238. The van der Waals surface area contributed by atoms with E-state index in [2.05, 4.69) is 5.16 Å². The van der Waals surface area contributed by atoms with Crippen molar-refractivity contribution in [1.82, 2.24) is 5.16 Å². The average Bonchev–Trinajstić information content (AvgIpc) is 3.36. The lowest BCUT2D eigenvalue weighted by atomic mass is 9.92. The normalized spacial score (nSPS) is 14.8. The number of rotatable bonds is 5. The van der Waals surface area contributed by atoms with Crippen molar-refractivity contribution in [3.8, 4) is 28.1 Å². The molecule has 1 aliphatic carbocycles. The number of hydrogen-bond acceptors (Lipinski definition) is 5. The fourth-order valence-corrected chi connectivity index (χ4v) is 3.22. The number of carbonyl (C=O) groups is 1. The van der Waals surface area contributed by atoms with Crippen molar-refractivity contribution in [3.05, 3.63) is 60.4 Å². The number of nitrogens with zero attached hydrogens (tertiary/aromatic N) is 1. The van der Waals surface area contributed by atoms with E-state index in [1.54, 1.807) is 31.2 Å². The van der Waals surface area contributed by atoms with Gasteiger partial charge in [0.05, 0.1) is 12.2 Å². The molecule has 2 aromatic carbocycles. The molecular weight excluding hydrogens is 330 g/mol. The monoisotopic (exact) mass is 349 g/mol. The zero-order valence-electron chi connectivity index (χ0n) is 14.4. The third kappa shape index (κ3) is 2.65. The Morgan fingerprint density at radius 2 is 1.81 bits per heavy atom. The van der Waals surface area contributed by atoms with Crippen molar-refractivity contribution in [3.63, 3.8) is 0 Å². The third-order valence-corrected chi connectivity index (χ3v) is 4.75. The van der Waals surface area contributed by atoms with Gasteiger partial charge in [-0.15, -0.1) is 0 Å². The first-order valence-corrected chi connectivity index (χ1v) is 8.68. The summed E-state index contributed by atoms with van der Waals surface area (Å²) in [6.45, 7) is 2.13. The number of esters is 1. The van der Waals surface area contributed by atoms with Gasteiger partial charge in [-0.25, -0.2) is 0 Å². The zero-order valence-corrected chi connectivity index (χ0v) is 14.4. The molecule has 1 fully saturated rings. The summed E-state index contributed by atoms with van der Waals surface area (Å²) >= 11 is 0. The van der Waals surface area contributed by atoms with Crippen LogP contribution in [0.2, 0.25) is 0 Å². The van der Waals surface area contributed by atoms with E-state index in [1.165, 1.54) is 0 Å². The molecule has 1 N–H and O–H groups in total. The van der Waals surface area contributed by atoms with Crippen molar-refractivity contribution < 1.29 is 19.2 Å². The number of carbonyl (C=O) groups excluding carboxylic acids is 1. The molecule has 0 unspecified atom stereocenters. The van der Waals surface area contributed by atoms with Gasteiger partial charge < -0.3 is 14.4 Å². The Hall–Kier alpha value is -3.08. The molecule has 0 amide bonds. The van der Waals surface area contributed by atoms with Gasteiger partial charge in [0, 0.05) is 5.56 Å². The molecule has 132 valence electrons. The van der Waals surface area contributed by atoms with Crippen molar-refractivity contribution in [1.29, 1.82) is 0 Å². The van der Waals surface area contributed by atoms with E-state index in [9.17, 15) is 9.90 Å². The van der Waals surface area contributed by atoms with Crippen molar-refractivity contribution >= 4 is 5.97 Å². The first-order valence-electron chi connectivity index (χ1n) is 8.68. The van der Waals surface area contributed by atoms with E-state index in [0.29, 0.717) is 30.9 Å². The molecule has 0 bridgehead atoms. The topological polar surface area (TPSA) is 72.6 Å². The van der Waals surface area contributed by atoms with Gasteiger partial charge in [0.2, 0.25) is 0 Å². The first kappa shape index (κ1) is 16.4. The highest BCUT2D eigenvalue weighted by atomic mass is 16.5. The molecular formula is C21H19NO4. The van der Waals surface area contributed by atoms with E-state index >= 15 is 0 Å². The lowest BCUT2D eigenvalue weighted by Crippen LogP contribution is -2.23. The van der Waals surface area contributed by atoms with Gasteiger partial charge in [-0.05, 0) is 49.6 Å². The summed E-state index contributed by atoms with van der Waals surface area (Å²) in [7, 11) is 0. The van der Waals surface area contributed by atoms with Crippen LogP contribution in [0, 0.1) is 0 Å². The number of ether oxygens (including phenoxy) is 1. The summed E-state index contributed by atoms with van der Waals surface area (Å²) in [5.74, 6) is 0.486. The zero-order chi connectivity index (χ0) is 18.1. The van der Waals surface area contributed by atoms with E-state index in [1.807, 2.05) is 30.3 Å². The van der Waals surface area contributed by atoms with Gasteiger partial charge in [-0.2, -0.15) is 0 Å². The maximum Gasteiger partial charge on any atom is 0.319 e. The summed E-state index contributed by atoms with van der Waals surface area (Å²) in [5.41, 5.74) is 2.46. The quantitative estimate of drug-likeness (QED) is 0.695. The summed E-state index contributed by atoms with van der Waals surface area (Å²) in [6.07, 6.45) is 1.38. The minimum absolute atomic E-state index is 0.184. The minimum Gasteiger partial charge on any atom is -0.508 e. The molecule has 1 aliphatic rings. The molecule has 0 aliphatic heterocycles. The van der Waals surface area contributed by atoms with Crippen molar-refractivity contribution in [2.24, 2.45) is 0 Å². The maximum atomic E-state index is 12.6. The summed E-state index contributed by atoms with van der Waals surface area (Å²) in [6, 6.07) is 16.6. The van der Waals surface area contributed by atoms with Crippen LogP contribution < -0.4 is 0 Å². The minimum atomic E-state index is -0.747. The van der Waals surface area contributed by atoms with Gasteiger partial charge in [-0.1, -0.05) is 35.5 Å². The molecule has 0 radical (unpaired) electrons. The lowest BCUT2D eigenvalue weighted by Gasteiger charge is -2.13. The predicted octanol–water partition coefficient (Wildman–Crippen LogP) is 4.31. The number of hydrogen-bond donors (Lipinski definition) is 1. The Kier molecular flexibility index (Phi) is 3.99. The summed E-state index contributed by atoms with van der Waals surface area (Å²) < 4.78 is 11.0. The number of aromatic nitrogens is 1. The van der Waals surface area contributed by atoms with Gasteiger partial charge in [0.15, 0.2) is 5.76 Å². The smallest absolute Gasteiger partial charge is 0.319 e. The second kappa shape index (κ2) is 6.33. The number of aromatic hydroxyl groups is 1. The van der Waals surface area contributed by atoms with Crippen LogP contribution in [-0.4, -0.2) is 22.8 Å². The van der Waals surface area contributed by atoms with Crippen LogP contribution in [0.25, 0.3) is 22.4 Å². The number of phenolic OH excluding ortho intramolecular Hbond substituents is 1. The Bertz CT molecular complexity index is 924. The van der Waals surface area contributed by atoms with Crippen LogP contribution in [0.3, 0.4) is 0 Å². The molecule has 26 heavy (non-hydrogen) atoms. The molecule has 3 aromatic rings. The third-order valence-electron chi connectivity index (χ3n) is 4.75. The molecule has 5 nitrogen and oxygen atoms in total. The predicted molar refractivity (Wildman–Crippen MR) is 96.6 cm³/mol. The van der Waals surface area contributed by atoms with E-state index in [0.717, 1.165) is 16.7 Å². The molecule has 0 saturated heterocycles. The Labute approximate surface area is 151 Å². The standard InChI is InChI=1S/C21H19NO4/c1-2-25-20(24)21(12-13-21)19-17(14-6-4-3-5-7-14)18(22-26-19)15-8-10-16(23)11-9-15/h3-11,23H,2,12-13H2,1H3. The molecule has 1 heterocycles. The Balaban J connectivity index is 1.88. The van der Waals surface area contributed by atoms with Crippen LogP contribution in [0.1, 0.15) is 25.5 Å². The van der Waals surface area contributed by atoms with Crippen LogP contribution in [0.15, 0.2) is 59.1 Å². The maximum absolute atomic E-state index is 12.6. The number of phenols is 1. The SMILES string of the molecule is CCOC(=O)C1(c2onc(-c3ccc(O)cc3)c2-c2ccccc2)CC1. The Morgan fingerprint density at radius 3 is 2.42 bits per heavy atom. The van der Waals surface area contributed by atoms with E-state index in [-0.39, 0.29) is 11.7 Å². The van der Waals surface area contributed by atoms with Gasteiger partial charge in [-0.3, -0.25) is 4.79 Å². The van der Waals surface area contributed by atoms with Gasteiger partial charge >= 0.3 is 5.97 Å². The highest BCUT2D eigenvalue weighted by Crippen LogP contribution is 2.54. The first-order chi connectivity index (χ1) is 12.7. The van der Waals surface area contributed by atoms with Crippen molar-refractivity contribution in [2.75, 3.05) is 6.61 Å². The molecule has 0 atom stereocenters. The second-order valence-corrected chi connectivity index (χ2v) is 6.45. The van der Waals surface area contributed by atoms with Crippen LogP contribution in [0.5, 0.6) is 5.75 Å². The van der Waals surface area contributed by atoms with Crippen LogP contribution in [-0.2, 0) is 14.9 Å². The second-order valence-electron chi connectivity index (χ2n) is 6.45. The van der Waals surface area contributed by atoms with Crippen LogP contribution >= 0.6 is 0 Å². The van der Waals surface area contributed by atoms with Gasteiger partial charge in [0.25, 0.3) is 0 Å². The molecule has 4 rings (SSSR count). The summed E-state index contributed by atoms with van der Waals surface area (Å²) in [4.78, 5) is 12.6. The summed E-state index contributed by atoms with van der Waals surface area (Å²) in [5, 5.41) is 13.8. The van der Waals surface area contributed by atoms with Crippen LogP contribution in [0.4, 0.5) is 0 Å². The van der Waals surface area contributed by atoms with E-state index < -0.39 is 5.41 Å². The Morgan fingerprint density at radius 1 is 1.12 bits per heavy atom. The molecule has 0 spiro atoms. The average molecular weight is 349 g/mol. The largest absolute Gasteiger partial charge is 0.508 e. The highest BCUT2D eigenvalue weighted by Gasteiger charge is 2.57. The highest BCUT2D eigenvalue weighted by molar-refractivity contribution is 5.92. The van der Waals surface area contributed by atoms with E-state index in [4.69, 9.17) is 9.26 Å². The lowest BCUT2D eigenvalue weighted by molar-refractivity contribution is -0.146.